The topological polar surface area (TPSA) is 0 Å². The number of benzene rings is 5. The van der Waals surface area contributed by atoms with E-state index in [4.69, 9.17) is 17.0 Å². The van der Waals surface area contributed by atoms with Crippen LogP contribution in [0.5, 0.6) is 0 Å². The Hall–Kier alpha value is -2.48. The second-order valence-corrected chi connectivity index (χ2v) is 27.5. The van der Waals surface area contributed by atoms with Gasteiger partial charge >= 0.3 is 266 Å². The molecular formula is C38H34Cl2SiZr. The molecule has 5 aromatic carbocycles. The van der Waals surface area contributed by atoms with Crippen LogP contribution in [0.2, 0.25) is 0 Å². The SMILES string of the molecule is CCCCC1=Cc2c(ccc(-c3ccccc3)c2-c2ccccc2C)[CH]1[Zr]([Cl])([Cl])[c]1cccc2c1[SiH2]c1ccccc1-2. The fraction of sp³-hybridized carbons (Fsp3) is 0.158. The number of unbranched alkanes of at least 4 members (excludes halogenated alkanes) is 1. The van der Waals surface area contributed by atoms with Crippen LogP contribution >= 0.6 is 17.0 Å². The molecule has 0 aromatic heterocycles. The predicted molar refractivity (Wildman–Crippen MR) is 183 cm³/mol. The number of rotatable bonds is 7. The van der Waals surface area contributed by atoms with E-state index in [-0.39, 0.29) is 3.63 Å². The Balaban J connectivity index is 1.44. The molecule has 1 atom stereocenters. The molecule has 0 N–H and O–H groups in total. The maximum atomic E-state index is 7.94. The van der Waals surface area contributed by atoms with Crippen molar-refractivity contribution in [2.75, 3.05) is 0 Å². The molecule has 1 heterocycles. The first-order valence-corrected chi connectivity index (χ1v) is 25.5. The quantitative estimate of drug-likeness (QED) is 0.148. The van der Waals surface area contributed by atoms with E-state index in [9.17, 15) is 0 Å². The first-order valence-electron chi connectivity index (χ1n) is 15.1. The van der Waals surface area contributed by atoms with Gasteiger partial charge in [0.05, 0.1) is 0 Å². The van der Waals surface area contributed by atoms with Crippen molar-refractivity contribution in [3.05, 3.63) is 131 Å². The molecule has 1 unspecified atom stereocenters. The Morgan fingerprint density at radius 3 is 2.21 bits per heavy atom. The first kappa shape index (κ1) is 28.3. The summed E-state index contributed by atoms with van der Waals surface area (Å²) in [6.45, 7) is 4.49. The van der Waals surface area contributed by atoms with Crippen LogP contribution in [0.15, 0.2) is 115 Å². The molecule has 4 heteroatoms. The second-order valence-electron chi connectivity index (χ2n) is 11.7. The van der Waals surface area contributed by atoms with Crippen molar-refractivity contribution >= 4 is 46.3 Å². The Bertz CT molecular complexity index is 1840. The summed E-state index contributed by atoms with van der Waals surface area (Å²) in [5, 5.41) is 3.00. The van der Waals surface area contributed by atoms with E-state index < -0.39 is 27.4 Å². The van der Waals surface area contributed by atoms with Gasteiger partial charge in [-0.1, -0.05) is 0 Å². The molecule has 0 saturated heterocycles. The molecule has 0 amide bonds. The van der Waals surface area contributed by atoms with Gasteiger partial charge in [-0.3, -0.25) is 0 Å². The molecule has 7 rings (SSSR count). The molecule has 2 aliphatic rings. The van der Waals surface area contributed by atoms with E-state index in [1.54, 1.807) is 0 Å². The molecule has 42 heavy (non-hydrogen) atoms. The minimum absolute atomic E-state index is 0.0981. The average molecular weight is 681 g/mol. The Kier molecular flexibility index (Phi) is 7.78. The van der Waals surface area contributed by atoms with Crippen molar-refractivity contribution < 1.29 is 17.9 Å². The van der Waals surface area contributed by atoms with E-state index in [0.717, 1.165) is 19.3 Å². The minimum atomic E-state index is -4.03. The molecule has 0 spiro atoms. The van der Waals surface area contributed by atoms with Crippen molar-refractivity contribution in [2.24, 2.45) is 0 Å². The van der Waals surface area contributed by atoms with E-state index in [1.165, 1.54) is 69.3 Å². The van der Waals surface area contributed by atoms with Crippen LogP contribution in [0.3, 0.4) is 0 Å². The number of halogens is 2. The number of hydrogen-bond donors (Lipinski definition) is 0. The maximum absolute atomic E-state index is 7.94. The van der Waals surface area contributed by atoms with Crippen LogP contribution in [0, 0.1) is 6.92 Å². The molecule has 0 radical (unpaired) electrons. The third kappa shape index (κ3) is 4.76. The number of aryl methyl sites for hydroxylation is 1. The van der Waals surface area contributed by atoms with Crippen molar-refractivity contribution in [1.82, 2.24) is 0 Å². The third-order valence-corrected chi connectivity index (χ3v) is 23.5. The van der Waals surface area contributed by atoms with Crippen LogP contribution in [-0.2, 0) is 17.9 Å². The van der Waals surface area contributed by atoms with Crippen molar-refractivity contribution in [3.8, 4) is 33.4 Å². The fourth-order valence-electron chi connectivity index (χ4n) is 7.16. The summed E-state index contributed by atoms with van der Waals surface area (Å²) < 4.78 is 1.40. The molecule has 0 nitrogen and oxygen atoms in total. The van der Waals surface area contributed by atoms with Crippen LogP contribution < -0.4 is 13.6 Å². The summed E-state index contributed by atoms with van der Waals surface area (Å²) >= 11 is -4.03. The molecular weight excluding hydrogens is 647 g/mol. The summed E-state index contributed by atoms with van der Waals surface area (Å²) in [7, 11) is 15.2. The van der Waals surface area contributed by atoms with Crippen LogP contribution in [-0.4, -0.2) is 9.52 Å². The van der Waals surface area contributed by atoms with Gasteiger partial charge in [-0.25, -0.2) is 0 Å². The Morgan fingerprint density at radius 1 is 0.714 bits per heavy atom. The average Bonchev–Trinajstić information content (AvgIpc) is 3.59. The Labute approximate surface area is 263 Å². The summed E-state index contributed by atoms with van der Waals surface area (Å²) in [5.41, 5.74) is 13.2. The van der Waals surface area contributed by atoms with Gasteiger partial charge in [0, 0.05) is 0 Å². The summed E-state index contributed by atoms with van der Waals surface area (Å²) in [4.78, 5) is 0. The van der Waals surface area contributed by atoms with Gasteiger partial charge in [-0.05, 0) is 0 Å². The van der Waals surface area contributed by atoms with E-state index >= 15 is 0 Å². The van der Waals surface area contributed by atoms with Gasteiger partial charge in [0.15, 0.2) is 0 Å². The predicted octanol–water partition coefficient (Wildman–Crippen LogP) is 8.84. The van der Waals surface area contributed by atoms with Gasteiger partial charge in [-0.15, -0.1) is 0 Å². The zero-order valence-electron chi connectivity index (χ0n) is 24.1. The van der Waals surface area contributed by atoms with Crippen LogP contribution in [0.1, 0.15) is 46.5 Å². The molecule has 0 fully saturated rings. The summed E-state index contributed by atoms with van der Waals surface area (Å²) in [6, 6.07) is 39.9. The van der Waals surface area contributed by atoms with Crippen molar-refractivity contribution in [3.63, 3.8) is 0 Å². The van der Waals surface area contributed by atoms with Gasteiger partial charge in [-0.2, -0.15) is 0 Å². The van der Waals surface area contributed by atoms with Crippen molar-refractivity contribution in [1.29, 1.82) is 0 Å². The third-order valence-electron chi connectivity index (χ3n) is 9.18. The number of fused-ring (bicyclic) bond motifs is 4. The number of allylic oxidation sites excluding steroid dienone is 1. The Morgan fingerprint density at radius 2 is 1.43 bits per heavy atom. The standard InChI is InChI=1S/C26H25.C12H9Si.2ClH.Zr/c1-3-4-11-20-17-22-15-16-24(21-12-6-5-7-13-21)26(25(22)18-20)23-14-9-8-10-19(23)2;1-3-7-11-9(5-1)10-6-2-4-8-12(10)13-11;;;/h5-10,12-18H,3-4,11H2,1-2H3;1-7H,13H2;2*1H;/q;;;;+2/p-2. The van der Waals surface area contributed by atoms with Crippen molar-refractivity contribution in [2.45, 2.75) is 36.7 Å². The van der Waals surface area contributed by atoms with E-state index in [2.05, 4.69) is 129 Å². The van der Waals surface area contributed by atoms with Gasteiger partial charge in [0.2, 0.25) is 0 Å². The van der Waals surface area contributed by atoms with E-state index in [0.29, 0.717) is 0 Å². The normalized spacial score (nSPS) is 15.8. The fourth-order valence-corrected chi connectivity index (χ4v) is 24.0. The monoisotopic (exact) mass is 678 g/mol. The van der Waals surface area contributed by atoms with Gasteiger partial charge < -0.3 is 0 Å². The molecule has 0 saturated carbocycles. The molecule has 1 aliphatic heterocycles. The molecule has 208 valence electrons. The molecule has 1 aliphatic carbocycles. The zero-order chi connectivity index (χ0) is 28.8. The summed E-state index contributed by atoms with van der Waals surface area (Å²) in [5.74, 6) is 0. The van der Waals surface area contributed by atoms with Gasteiger partial charge in [0.25, 0.3) is 0 Å². The van der Waals surface area contributed by atoms with Crippen LogP contribution in [0.4, 0.5) is 0 Å². The first-order chi connectivity index (χ1) is 20.5. The molecule has 0 bridgehead atoms. The van der Waals surface area contributed by atoms with Gasteiger partial charge in [0.1, 0.15) is 0 Å². The second kappa shape index (κ2) is 11.5. The zero-order valence-corrected chi connectivity index (χ0v) is 29.5. The molecule has 5 aromatic rings. The summed E-state index contributed by atoms with van der Waals surface area (Å²) in [6.07, 6.45) is 5.81. The number of hydrogen-bond acceptors (Lipinski definition) is 0. The van der Waals surface area contributed by atoms with Crippen LogP contribution in [0.25, 0.3) is 39.5 Å². The van der Waals surface area contributed by atoms with E-state index in [1.807, 2.05) is 0 Å².